The van der Waals surface area contributed by atoms with Crippen molar-refractivity contribution in [2.24, 2.45) is 0 Å². The van der Waals surface area contributed by atoms with Crippen LogP contribution in [0.2, 0.25) is 0 Å². The molecule has 2 N–H and O–H groups in total. The van der Waals surface area contributed by atoms with Gasteiger partial charge in [-0.15, -0.1) is 0 Å². The maximum atomic E-state index is 12.0. The molecule has 0 radical (unpaired) electrons. The summed E-state index contributed by atoms with van der Waals surface area (Å²) in [5, 5.41) is 5.49. The van der Waals surface area contributed by atoms with Gasteiger partial charge in [0, 0.05) is 17.3 Å². The normalized spacial score (nSPS) is 20.1. The topological polar surface area (TPSA) is 56.1 Å². The van der Waals surface area contributed by atoms with E-state index in [0.717, 1.165) is 36.9 Å². The van der Waals surface area contributed by atoms with Crippen molar-refractivity contribution in [2.75, 3.05) is 26.2 Å². The van der Waals surface area contributed by atoms with E-state index < -0.39 is 0 Å². The van der Waals surface area contributed by atoms with Gasteiger partial charge in [-0.3, -0.25) is 4.79 Å². The van der Waals surface area contributed by atoms with Crippen LogP contribution in [0.25, 0.3) is 4.96 Å². The maximum Gasteiger partial charge on any atom is 0.275 e. The van der Waals surface area contributed by atoms with Crippen LogP contribution in [0, 0.1) is 6.92 Å². The van der Waals surface area contributed by atoms with E-state index in [2.05, 4.69) is 48.2 Å². The van der Waals surface area contributed by atoms with Gasteiger partial charge in [0.25, 0.3) is 5.56 Å². The summed E-state index contributed by atoms with van der Waals surface area (Å²) in [6, 6.07) is 10.7. The van der Waals surface area contributed by atoms with E-state index in [1.54, 1.807) is 15.9 Å². The maximum absolute atomic E-state index is 12.0. The fourth-order valence-electron chi connectivity index (χ4n) is 3.87. The number of hydrogen-bond donors (Lipinski definition) is 2. The summed E-state index contributed by atoms with van der Waals surface area (Å²) in [7, 11) is 0. The molecule has 0 atom stereocenters. The molecule has 0 saturated carbocycles. The van der Waals surface area contributed by atoms with Crippen LogP contribution in [-0.2, 0) is 13.1 Å². The molecule has 6 nitrogen and oxygen atoms in total. The van der Waals surface area contributed by atoms with Gasteiger partial charge in [0.2, 0.25) is 4.96 Å². The van der Waals surface area contributed by atoms with Gasteiger partial charge in [0.15, 0.2) is 5.01 Å². The highest BCUT2D eigenvalue weighted by Gasteiger charge is 2.24. The standard InChI is InChI=1S/C21H27N5OS/c1-15(2)18-6-4-17(5-7-18)13-24-8-10-25(11-9-24)14-19-23-26-20(27)12-16(3)22-21(26)28-19/h4-7,12,15H,8-11,13-14H2,1-3H3/p+2. The molecule has 0 bridgehead atoms. The van der Waals surface area contributed by atoms with E-state index in [9.17, 15) is 4.79 Å². The van der Waals surface area contributed by atoms with Crippen LogP contribution < -0.4 is 15.4 Å². The lowest BCUT2D eigenvalue weighted by Crippen LogP contribution is -3.27. The van der Waals surface area contributed by atoms with Crippen LogP contribution in [-0.4, -0.2) is 40.8 Å². The van der Waals surface area contributed by atoms with Gasteiger partial charge in [-0.2, -0.15) is 9.61 Å². The van der Waals surface area contributed by atoms with Gasteiger partial charge in [-0.25, -0.2) is 4.98 Å². The lowest BCUT2D eigenvalue weighted by molar-refractivity contribution is -1.02. The number of fused-ring (bicyclic) bond motifs is 1. The number of piperazine rings is 1. The zero-order chi connectivity index (χ0) is 19.7. The predicted octanol–water partition coefficient (Wildman–Crippen LogP) is 0.0664. The fraction of sp³-hybridized carbons (Fsp3) is 0.476. The first-order valence-corrected chi connectivity index (χ1v) is 10.9. The van der Waals surface area contributed by atoms with Crippen molar-refractivity contribution in [1.29, 1.82) is 0 Å². The van der Waals surface area contributed by atoms with Crippen molar-refractivity contribution in [2.45, 2.75) is 39.8 Å². The van der Waals surface area contributed by atoms with Crippen LogP contribution >= 0.6 is 11.3 Å². The Morgan fingerprint density at radius 1 is 1.07 bits per heavy atom. The fourth-order valence-corrected chi connectivity index (χ4v) is 4.88. The Hall–Kier alpha value is -2.09. The first-order chi connectivity index (χ1) is 13.5. The molecule has 0 unspecified atom stereocenters. The summed E-state index contributed by atoms with van der Waals surface area (Å²) in [4.78, 5) is 20.4. The van der Waals surface area contributed by atoms with Gasteiger partial charge in [0.1, 0.15) is 39.3 Å². The summed E-state index contributed by atoms with van der Waals surface area (Å²) < 4.78 is 1.44. The molecule has 0 amide bonds. The number of nitrogens with zero attached hydrogens (tertiary/aromatic N) is 3. The number of rotatable bonds is 5. The summed E-state index contributed by atoms with van der Waals surface area (Å²) in [6.07, 6.45) is 0. The second-order valence-corrected chi connectivity index (χ2v) is 9.22. The van der Waals surface area contributed by atoms with E-state index in [1.165, 1.54) is 40.1 Å². The van der Waals surface area contributed by atoms with E-state index in [1.807, 2.05) is 6.92 Å². The van der Waals surface area contributed by atoms with E-state index in [0.29, 0.717) is 10.9 Å². The molecule has 148 valence electrons. The molecule has 7 heteroatoms. The van der Waals surface area contributed by atoms with Crippen LogP contribution in [0.1, 0.15) is 41.6 Å². The Kier molecular flexibility index (Phi) is 5.57. The SMILES string of the molecule is Cc1cc(=O)n2nc(C[NH+]3CC[NH+](Cc4ccc(C(C)C)cc4)CC3)sc2n1. The highest BCUT2D eigenvalue weighted by molar-refractivity contribution is 7.16. The van der Waals surface area contributed by atoms with Gasteiger partial charge in [0.05, 0.1) is 0 Å². The van der Waals surface area contributed by atoms with Crippen LogP contribution in [0.3, 0.4) is 0 Å². The summed E-state index contributed by atoms with van der Waals surface area (Å²) in [6.45, 7) is 12.9. The molecule has 1 aromatic carbocycles. The van der Waals surface area contributed by atoms with Crippen molar-refractivity contribution in [3.8, 4) is 0 Å². The van der Waals surface area contributed by atoms with Crippen LogP contribution in [0.15, 0.2) is 35.1 Å². The van der Waals surface area contributed by atoms with E-state index in [-0.39, 0.29) is 5.56 Å². The lowest BCUT2D eigenvalue weighted by Gasteiger charge is -2.29. The third-order valence-electron chi connectivity index (χ3n) is 5.58. The molecule has 0 aliphatic carbocycles. The molecular formula is C21H29N5OS+2. The number of nitrogens with one attached hydrogen (secondary N) is 2. The first kappa shape index (κ1) is 19.2. The zero-order valence-electron chi connectivity index (χ0n) is 16.9. The molecule has 3 heterocycles. The van der Waals surface area contributed by atoms with E-state index >= 15 is 0 Å². The molecule has 0 spiro atoms. The quantitative estimate of drug-likeness (QED) is 0.638. The van der Waals surface area contributed by atoms with Gasteiger partial charge < -0.3 is 9.80 Å². The van der Waals surface area contributed by atoms with Crippen molar-refractivity contribution in [1.82, 2.24) is 14.6 Å². The molecule has 4 rings (SSSR count). The highest BCUT2D eigenvalue weighted by atomic mass is 32.1. The second kappa shape index (κ2) is 8.11. The average Bonchev–Trinajstić information content (AvgIpc) is 3.06. The number of aryl methyl sites for hydroxylation is 1. The van der Waals surface area contributed by atoms with Crippen molar-refractivity contribution >= 4 is 16.3 Å². The van der Waals surface area contributed by atoms with Crippen molar-refractivity contribution < 1.29 is 9.80 Å². The molecular weight excluding hydrogens is 370 g/mol. The van der Waals surface area contributed by atoms with Gasteiger partial charge >= 0.3 is 0 Å². The second-order valence-electron chi connectivity index (χ2n) is 8.18. The minimum atomic E-state index is -0.0854. The molecule has 2 aromatic heterocycles. The Morgan fingerprint density at radius 2 is 1.71 bits per heavy atom. The number of aromatic nitrogens is 3. The van der Waals surface area contributed by atoms with E-state index in [4.69, 9.17) is 0 Å². The van der Waals surface area contributed by atoms with Crippen molar-refractivity contribution in [3.05, 3.63) is 62.5 Å². The van der Waals surface area contributed by atoms with Gasteiger partial charge in [-0.05, 0) is 18.4 Å². The molecule has 3 aromatic rings. The van der Waals surface area contributed by atoms with Crippen LogP contribution in [0.4, 0.5) is 0 Å². The molecule has 1 aliphatic heterocycles. The monoisotopic (exact) mass is 399 g/mol. The minimum Gasteiger partial charge on any atom is -0.322 e. The smallest absolute Gasteiger partial charge is 0.275 e. The minimum absolute atomic E-state index is 0.0854. The van der Waals surface area contributed by atoms with Crippen molar-refractivity contribution in [3.63, 3.8) is 0 Å². The number of benzene rings is 1. The summed E-state index contributed by atoms with van der Waals surface area (Å²) in [5.74, 6) is 0.589. The molecule has 1 fully saturated rings. The molecule has 1 aliphatic rings. The Morgan fingerprint density at radius 3 is 2.36 bits per heavy atom. The van der Waals surface area contributed by atoms with Crippen LogP contribution in [0.5, 0.6) is 0 Å². The highest BCUT2D eigenvalue weighted by Crippen LogP contribution is 2.14. The zero-order valence-corrected chi connectivity index (χ0v) is 17.7. The Bertz CT molecular complexity index is 1000. The van der Waals surface area contributed by atoms with Gasteiger partial charge in [-0.1, -0.05) is 49.4 Å². The Labute approximate surface area is 169 Å². The molecule has 1 saturated heterocycles. The molecule has 28 heavy (non-hydrogen) atoms. The largest absolute Gasteiger partial charge is 0.322 e. The average molecular weight is 400 g/mol. The summed E-state index contributed by atoms with van der Waals surface area (Å²) >= 11 is 1.54. The third-order valence-corrected chi connectivity index (χ3v) is 6.49. The predicted molar refractivity (Wildman–Crippen MR) is 111 cm³/mol. The number of hydrogen-bond acceptors (Lipinski definition) is 4. The third kappa shape index (κ3) is 4.32. The summed E-state index contributed by atoms with van der Waals surface area (Å²) in [5.41, 5.74) is 3.51. The number of quaternary nitrogens is 2. The first-order valence-electron chi connectivity index (χ1n) is 10.1. The Balaban J connectivity index is 1.33. The lowest BCUT2D eigenvalue weighted by atomic mass is 10.0.